The summed E-state index contributed by atoms with van der Waals surface area (Å²) in [4.78, 5) is 8.10. The van der Waals surface area contributed by atoms with Crippen LogP contribution in [0.3, 0.4) is 0 Å². The van der Waals surface area contributed by atoms with Crippen LogP contribution >= 0.6 is 0 Å². The third-order valence-electron chi connectivity index (χ3n) is 4.05. The van der Waals surface area contributed by atoms with E-state index in [1.807, 2.05) is 17.0 Å². The van der Waals surface area contributed by atoms with Crippen molar-refractivity contribution in [1.82, 2.24) is 4.98 Å². The first kappa shape index (κ1) is 16.1. The zero-order valence-electron chi connectivity index (χ0n) is 12.8. The monoisotopic (exact) mass is 332 g/mol. The van der Waals surface area contributed by atoms with Crippen LogP contribution in [0.1, 0.15) is 11.3 Å². The van der Waals surface area contributed by atoms with Gasteiger partial charge in [-0.2, -0.15) is 18.4 Å². The third-order valence-corrected chi connectivity index (χ3v) is 4.05. The smallest absolute Gasteiger partial charge is 0.368 e. The van der Waals surface area contributed by atoms with Gasteiger partial charge < -0.3 is 9.80 Å². The lowest BCUT2D eigenvalue weighted by atomic mass is 10.1. The summed E-state index contributed by atoms with van der Waals surface area (Å²) in [5, 5.41) is 8.77. The van der Waals surface area contributed by atoms with Crippen molar-refractivity contribution in [3.63, 3.8) is 0 Å². The molecule has 1 aliphatic heterocycles. The van der Waals surface area contributed by atoms with E-state index in [4.69, 9.17) is 5.26 Å². The molecule has 1 aliphatic rings. The van der Waals surface area contributed by atoms with Crippen molar-refractivity contribution in [2.24, 2.45) is 0 Å². The van der Waals surface area contributed by atoms with Crippen LogP contribution in [-0.2, 0) is 6.18 Å². The summed E-state index contributed by atoms with van der Waals surface area (Å²) in [6.07, 6.45) is -2.68. The van der Waals surface area contributed by atoms with Gasteiger partial charge in [-0.1, -0.05) is 6.07 Å². The van der Waals surface area contributed by atoms with Gasteiger partial charge in [0.2, 0.25) is 0 Å². The average Bonchev–Trinajstić information content (AvgIpc) is 2.61. The number of alkyl halides is 3. The number of halogens is 3. The molecular formula is C17H15F3N4. The Morgan fingerprint density at radius 1 is 0.958 bits per heavy atom. The van der Waals surface area contributed by atoms with E-state index in [0.29, 0.717) is 37.6 Å². The molecule has 0 atom stereocenters. The number of nitrogens with zero attached hydrogens (tertiary/aromatic N) is 4. The molecule has 0 radical (unpaired) electrons. The predicted molar refractivity (Wildman–Crippen MR) is 84.8 cm³/mol. The second kappa shape index (κ2) is 6.40. The number of aromatic nitrogens is 1. The van der Waals surface area contributed by atoms with Crippen LogP contribution in [0.5, 0.6) is 0 Å². The minimum Gasteiger partial charge on any atom is -0.368 e. The normalized spacial score (nSPS) is 15.2. The largest absolute Gasteiger partial charge is 0.416 e. The molecule has 1 aromatic carbocycles. The van der Waals surface area contributed by atoms with Crippen molar-refractivity contribution >= 4 is 11.4 Å². The molecule has 0 aliphatic carbocycles. The van der Waals surface area contributed by atoms with Gasteiger partial charge in [0.1, 0.15) is 11.8 Å². The molecule has 7 heteroatoms. The zero-order valence-corrected chi connectivity index (χ0v) is 12.8. The van der Waals surface area contributed by atoms with E-state index in [0.717, 1.165) is 11.8 Å². The molecule has 0 bridgehead atoms. The molecular weight excluding hydrogens is 317 g/mol. The summed E-state index contributed by atoms with van der Waals surface area (Å²) >= 11 is 0. The highest BCUT2D eigenvalue weighted by atomic mass is 19.4. The van der Waals surface area contributed by atoms with Gasteiger partial charge in [0.15, 0.2) is 0 Å². The lowest BCUT2D eigenvalue weighted by Gasteiger charge is -2.37. The van der Waals surface area contributed by atoms with Crippen LogP contribution in [0.2, 0.25) is 0 Å². The second-order valence-corrected chi connectivity index (χ2v) is 5.54. The molecule has 24 heavy (non-hydrogen) atoms. The summed E-state index contributed by atoms with van der Waals surface area (Å²) < 4.78 is 38.5. The van der Waals surface area contributed by atoms with Crippen molar-refractivity contribution in [3.8, 4) is 6.07 Å². The molecule has 2 aromatic rings. The van der Waals surface area contributed by atoms with E-state index in [2.05, 4.69) is 9.88 Å². The molecule has 0 unspecified atom stereocenters. The standard InChI is InChI=1S/C17H15F3N4/c18-17(19,20)13-2-1-3-15(10-13)23-6-8-24(9-7-23)16-5-4-14(11-21)22-12-16/h1-5,10,12H,6-9H2. The van der Waals surface area contributed by atoms with Crippen LogP contribution in [0.4, 0.5) is 24.5 Å². The number of pyridine rings is 1. The van der Waals surface area contributed by atoms with Gasteiger partial charge in [-0.05, 0) is 30.3 Å². The van der Waals surface area contributed by atoms with Crippen molar-refractivity contribution in [1.29, 1.82) is 5.26 Å². The number of hydrogen-bond acceptors (Lipinski definition) is 4. The average molecular weight is 332 g/mol. The molecule has 0 saturated carbocycles. The number of piperazine rings is 1. The molecule has 124 valence electrons. The Labute approximate surface area is 137 Å². The maximum absolute atomic E-state index is 12.8. The molecule has 2 heterocycles. The Morgan fingerprint density at radius 2 is 1.62 bits per heavy atom. The van der Waals surface area contributed by atoms with E-state index < -0.39 is 11.7 Å². The molecule has 1 fully saturated rings. The topological polar surface area (TPSA) is 43.2 Å². The van der Waals surface area contributed by atoms with E-state index in [-0.39, 0.29) is 0 Å². The highest BCUT2D eigenvalue weighted by molar-refractivity contribution is 5.53. The fraction of sp³-hybridized carbons (Fsp3) is 0.294. The van der Waals surface area contributed by atoms with Gasteiger partial charge >= 0.3 is 6.18 Å². The molecule has 0 amide bonds. The number of hydrogen-bond donors (Lipinski definition) is 0. The second-order valence-electron chi connectivity index (χ2n) is 5.54. The van der Waals surface area contributed by atoms with Crippen LogP contribution in [-0.4, -0.2) is 31.2 Å². The minimum absolute atomic E-state index is 0.362. The van der Waals surface area contributed by atoms with E-state index >= 15 is 0 Å². The summed E-state index contributed by atoms with van der Waals surface area (Å²) in [5.74, 6) is 0. The summed E-state index contributed by atoms with van der Waals surface area (Å²) in [5.41, 5.74) is 1.24. The van der Waals surface area contributed by atoms with Gasteiger partial charge in [-0.25, -0.2) is 4.98 Å². The van der Waals surface area contributed by atoms with Gasteiger partial charge in [-0.3, -0.25) is 0 Å². The van der Waals surface area contributed by atoms with Crippen molar-refractivity contribution < 1.29 is 13.2 Å². The lowest BCUT2D eigenvalue weighted by molar-refractivity contribution is -0.137. The molecule has 3 rings (SSSR count). The van der Waals surface area contributed by atoms with Crippen LogP contribution < -0.4 is 9.80 Å². The van der Waals surface area contributed by atoms with Gasteiger partial charge in [-0.15, -0.1) is 0 Å². The zero-order chi connectivity index (χ0) is 17.2. The fourth-order valence-corrected chi connectivity index (χ4v) is 2.74. The highest BCUT2D eigenvalue weighted by Gasteiger charge is 2.31. The summed E-state index contributed by atoms with van der Waals surface area (Å²) in [7, 11) is 0. The maximum Gasteiger partial charge on any atom is 0.416 e. The van der Waals surface area contributed by atoms with Crippen LogP contribution in [0.25, 0.3) is 0 Å². The van der Waals surface area contributed by atoms with Crippen LogP contribution in [0, 0.1) is 11.3 Å². The highest BCUT2D eigenvalue weighted by Crippen LogP contribution is 2.32. The van der Waals surface area contributed by atoms with E-state index in [1.54, 1.807) is 18.3 Å². The Kier molecular flexibility index (Phi) is 4.30. The molecule has 1 aromatic heterocycles. The maximum atomic E-state index is 12.8. The molecule has 1 saturated heterocycles. The number of benzene rings is 1. The Hall–Kier alpha value is -2.75. The third kappa shape index (κ3) is 3.43. The SMILES string of the molecule is N#Cc1ccc(N2CCN(c3cccc(C(F)(F)F)c3)CC2)cn1. The minimum atomic E-state index is -4.33. The predicted octanol–water partition coefficient (Wildman–Crippen LogP) is 3.30. The van der Waals surface area contributed by atoms with Crippen LogP contribution in [0.15, 0.2) is 42.6 Å². The Balaban J connectivity index is 1.68. The fourth-order valence-electron chi connectivity index (χ4n) is 2.74. The lowest BCUT2D eigenvalue weighted by Crippen LogP contribution is -2.46. The number of anilines is 2. The number of nitriles is 1. The van der Waals surface area contributed by atoms with Gasteiger partial charge in [0.05, 0.1) is 17.4 Å². The summed E-state index contributed by atoms with van der Waals surface area (Å²) in [6, 6.07) is 10.9. The van der Waals surface area contributed by atoms with Gasteiger partial charge in [0, 0.05) is 31.9 Å². The van der Waals surface area contributed by atoms with E-state index in [9.17, 15) is 13.2 Å². The van der Waals surface area contributed by atoms with Crippen molar-refractivity contribution in [2.75, 3.05) is 36.0 Å². The van der Waals surface area contributed by atoms with Crippen molar-refractivity contribution in [2.45, 2.75) is 6.18 Å². The first-order valence-corrected chi connectivity index (χ1v) is 7.51. The molecule has 0 N–H and O–H groups in total. The first-order valence-electron chi connectivity index (χ1n) is 7.51. The first-order chi connectivity index (χ1) is 11.5. The molecule has 0 spiro atoms. The van der Waals surface area contributed by atoms with E-state index in [1.165, 1.54) is 12.1 Å². The Morgan fingerprint density at radius 3 is 2.17 bits per heavy atom. The van der Waals surface area contributed by atoms with Gasteiger partial charge in [0.25, 0.3) is 0 Å². The number of rotatable bonds is 2. The molecule has 4 nitrogen and oxygen atoms in total. The quantitative estimate of drug-likeness (QED) is 0.846. The van der Waals surface area contributed by atoms with Crippen molar-refractivity contribution in [3.05, 3.63) is 53.9 Å². The summed E-state index contributed by atoms with van der Waals surface area (Å²) in [6.45, 7) is 2.62. The Bertz CT molecular complexity index is 742.